The van der Waals surface area contributed by atoms with Crippen LogP contribution in [0.4, 0.5) is 5.69 Å². The number of hydrogen-bond acceptors (Lipinski definition) is 4. The quantitative estimate of drug-likeness (QED) is 0.764. The molecule has 1 aliphatic rings. The fourth-order valence-corrected chi connectivity index (χ4v) is 2.22. The maximum absolute atomic E-state index is 12.3. The Bertz CT molecular complexity index is 448. The van der Waals surface area contributed by atoms with Crippen LogP contribution in [0.5, 0.6) is 5.75 Å². The van der Waals surface area contributed by atoms with Crippen molar-refractivity contribution in [3.05, 3.63) is 23.8 Å². The predicted molar refractivity (Wildman–Crippen MR) is 68.6 cm³/mol. The van der Waals surface area contributed by atoms with Crippen molar-refractivity contribution in [1.29, 1.82) is 0 Å². The summed E-state index contributed by atoms with van der Waals surface area (Å²) in [6, 6.07) is 5.14. The third kappa shape index (κ3) is 2.41. The summed E-state index contributed by atoms with van der Waals surface area (Å²) in [6.07, 6.45) is 1.13. The molecule has 0 radical (unpaired) electrons. The first-order chi connectivity index (χ1) is 8.63. The van der Waals surface area contributed by atoms with Crippen LogP contribution in [0, 0.1) is 0 Å². The summed E-state index contributed by atoms with van der Waals surface area (Å²) in [5.74, 6) is 0.351. The van der Waals surface area contributed by atoms with Crippen molar-refractivity contribution in [2.24, 2.45) is 0 Å². The number of benzene rings is 1. The number of ether oxygens (including phenoxy) is 1. The Labute approximate surface area is 106 Å². The second kappa shape index (κ2) is 5.27. The molecule has 0 unspecified atom stereocenters. The smallest absolute Gasteiger partial charge is 0.256 e. The van der Waals surface area contributed by atoms with Gasteiger partial charge in [-0.2, -0.15) is 0 Å². The number of amides is 1. The SMILES string of the molecule is COc1cccc(C(=O)N2CCC[C@H](O)C2)c1N. The number of aliphatic hydroxyl groups excluding tert-OH is 1. The molecule has 1 aromatic carbocycles. The standard InChI is InChI=1S/C13H18N2O3/c1-18-11-6-2-5-10(12(11)14)13(17)15-7-3-4-9(16)8-15/h2,5-6,9,16H,3-4,7-8,14H2,1H3/t9-/m0/s1. The largest absolute Gasteiger partial charge is 0.495 e. The number of aliphatic hydroxyl groups is 1. The van der Waals surface area contributed by atoms with E-state index in [1.807, 2.05) is 0 Å². The average molecular weight is 250 g/mol. The molecular formula is C13H18N2O3. The third-order valence-electron chi connectivity index (χ3n) is 3.20. The van der Waals surface area contributed by atoms with Crippen LogP contribution in [-0.4, -0.2) is 42.2 Å². The van der Waals surface area contributed by atoms with Gasteiger partial charge in [0.25, 0.3) is 5.91 Å². The zero-order chi connectivity index (χ0) is 13.1. The number of piperidine rings is 1. The summed E-state index contributed by atoms with van der Waals surface area (Å²) in [5.41, 5.74) is 6.69. The Morgan fingerprint density at radius 1 is 1.56 bits per heavy atom. The van der Waals surface area contributed by atoms with Crippen molar-refractivity contribution in [1.82, 2.24) is 4.90 Å². The molecule has 0 aliphatic carbocycles. The molecule has 1 aliphatic heterocycles. The maximum Gasteiger partial charge on any atom is 0.256 e. The fourth-order valence-electron chi connectivity index (χ4n) is 2.22. The van der Waals surface area contributed by atoms with Gasteiger partial charge in [-0.25, -0.2) is 0 Å². The highest BCUT2D eigenvalue weighted by Gasteiger charge is 2.24. The van der Waals surface area contributed by atoms with Gasteiger partial charge in [-0.05, 0) is 25.0 Å². The summed E-state index contributed by atoms with van der Waals surface area (Å²) in [5, 5.41) is 9.60. The number of carbonyl (C=O) groups is 1. The van der Waals surface area contributed by atoms with E-state index in [1.165, 1.54) is 7.11 Å². The first-order valence-electron chi connectivity index (χ1n) is 6.03. The molecule has 0 saturated carbocycles. The fraction of sp³-hybridized carbons (Fsp3) is 0.462. The summed E-state index contributed by atoms with van der Waals surface area (Å²) < 4.78 is 5.10. The molecule has 2 rings (SSSR count). The summed E-state index contributed by atoms with van der Waals surface area (Å²) in [6.45, 7) is 1.03. The van der Waals surface area contributed by atoms with Crippen LogP contribution in [0.1, 0.15) is 23.2 Å². The molecule has 5 nitrogen and oxygen atoms in total. The molecule has 0 spiro atoms. The minimum atomic E-state index is -0.436. The van der Waals surface area contributed by atoms with Crippen LogP contribution in [0.25, 0.3) is 0 Å². The van der Waals surface area contributed by atoms with Gasteiger partial charge in [0.05, 0.1) is 24.5 Å². The molecule has 1 aromatic rings. The molecule has 0 aromatic heterocycles. The second-order valence-corrected chi connectivity index (χ2v) is 4.47. The lowest BCUT2D eigenvalue weighted by Gasteiger charge is -2.30. The second-order valence-electron chi connectivity index (χ2n) is 4.47. The number of methoxy groups -OCH3 is 1. The van der Waals surface area contributed by atoms with Crippen molar-refractivity contribution in [2.45, 2.75) is 18.9 Å². The van der Waals surface area contributed by atoms with Crippen LogP contribution in [0.2, 0.25) is 0 Å². The number of hydrogen-bond donors (Lipinski definition) is 2. The highest BCUT2D eigenvalue weighted by molar-refractivity contribution is 6.00. The Kier molecular flexibility index (Phi) is 3.72. The van der Waals surface area contributed by atoms with Crippen molar-refractivity contribution >= 4 is 11.6 Å². The van der Waals surface area contributed by atoms with Gasteiger partial charge in [0.1, 0.15) is 5.75 Å². The zero-order valence-electron chi connectivity index (χ0n) is 10.4. The van der Waals surface area contributed by atoms with E-state index < -0.39 is 6.10 Å². The molecule has 1 saturated heterocycles. The molecular weight excluding hydrogens is 232 g/mol. The van der Waals surface area contributed by atoms with E-state index in [2.05, 4.69) is 0 Å². The van der Waals surface area contributed by atoms with E-state index in [-0.39, 0.29) is 5.91 Å². The number of anilines is 1. The number of likely N-dealkylation sites (tertiary alicyclic amines) is 1. The van der Waals surface area contributed by atoms with Gasteiger partial charge >= 0.3 is 0 Å². The molecule has 1 amide bonds. The first-order valence-corrected chi connectivity index (χ1v) is 6.03. The average Bonchev–Trinajstić information content (AvgIpc) is 2.38. The summed E-state index contributed by atoms with van der Waals surface area (Å²) in [4.78, 5) is 14.0. The van der Waals surface area contributed by atoms with E-state index in [4.69, 9.17) is 10.5 Å². The van der Waals surface area contributed by atoms with E-state index in [9.17, 15) is 9.90 Å². The topological polar surface area (TPSA) is 75.8 Å². The lowest BCUT2D eigenvalue weighted by atomic mass is 10.1. The highest BCUT2D eigenvalue weighted by Crippen LogP contribution is 2.26. The van der Waals surface area contributed by atoms with Crippen molar-refractivity contribution in [2.75, 3.05) is 25.9 Å². The summed E-state index contributed by atoms with van der Waals surface area (Å²) >= 11 is 0. The van der Waals surface area contributed by atoms with Gasteiger partial charge in [-0.3, -0.25) is 4.79 Å². The number of β-amino-alcohol motifs (C(OH)–C–C–N with tert-alkyl or cyclic N) is 1. The van der Waals surface area contributed by atoms with Gasteiger partial charge in [0, 0.05) is 13.1 Å². The van der Waals surface area contributed by atoms with Gasteiger partial charge in [0.2, 0.25) is 0 Å². The van der Waals surface area contributed by atoms with E-state index in [1.54, 1.807) is 23.1 Å². The molecule has 3 N–H and O–H groups in total. The van der Waals surface area contributed by atoms with E-state index >= 15 is 0 Å². The minimum absolute atomic E-state index is 0.148. The van der Waals surface area contributed by atoms with Crippen LogP contribution in [-0.2, 0) is 0 Å². The Morgan fingerprint density at radius 3 is 3.00 bits per heavy atom. The zero-order valence-corrected chi connectivity index (χ0v) is 10.4. The Morgan fingerprint density at radius 2 is 2.33 bits per heavy atom. The van der Waals surface area contributed by atoms with Crippen molar-refractivity contribution in [3.63, 3.8) is 0 Å². The molecule has 18 heavy (non-hydrogen) atoms. The van der Waals surface area contributed by atoms with Gasteiger partial charge in [-0.15, -0.1) is 0 Å². The van der Waals surface area contributed by atoms with Crippen LogP contribution in [0.3, 0.4) is 0 Å². The van der Waals surface area contributed by atoms with Gasteiger partial charge in [-0.1, -0.05) is 6.07 Å². The molecule has 98 valence electrons. The minimum Gasteiger partial charge on any atom is -0.495 e. The van der Waals surface area contributed by atoms with Crippen molar-refractivity contribution in [3.8, 4) is 5.75 Å². The maximum atomic E-state index is 12.3. The number of carbonyl (C=O) groups excluding carboxylic acids is 1. The van der Waals surface area contributed by atoms with E-state index in [0.717, 1.165) is 12.8 Å². The molecule has 1 atom stereocenters. The number of nitrogens with two attached hydrogens (primary N) is 1. The van der Waals surface area contributed by atoms with E-state index in [0.29, 0.717) is 30.1 Å². The third-order valence-corrected chi connectivity index (χ3v) is 3.20. The lowest BCUT2D eigenvalue weighted by Crippen LogP contribution is -2.42. The van der Waals surface area contributed by atoms with Gasteiger partial charge < -0.3 is 20.5 Å². The predicted octanol–water partition coefficient (Wildman–Crippen LogP) is 0.874. The molecule has 5 heteroatoms. The summed E-state index contributed by atoms with van der Waals surface area (Å²) in [7, 11) is 1.52. The first kappa shape index (κ1) is 12.7. The van der Waals surface area contributed by atoms with Crippen LogP contribution in [0.15, 0.2) is 18.2 Å². The molecule has 0 bridgehead atoms. The lowest BCUT2D eigenvalue weighted by molar-refractivity contribution is 0.0474. The molecule has 1 heterocycles. The number of nitrogen functional groups attached to an aromatic ring is 1. The normalized spacial score (nSPS) is 19.7. The number of para-hydroxylation sites is 1. The highest BCUT2D eigenvalue weighted by atomic mass is 16.5. The van der Waals surface area contributed by atoms with Crippen molar-refractivity contribution < 1.29 is 14.6 Å². The Hall–Kier alpha value is -1.75. The Balaban J connectivity index is 2.23. The number of nitrogens with zero attached hydrogens (tertiary/aromatic N) is 1. The number of rotatable bonds is 2. The monoisotopic (exact) mass is 250 g/mol. The molecule has 1 fully saturated rings. The van der Waals surface area contributed by atoms with Crippen LogP contribution < -0.4 is 10.5 Å². The van der Waals surface area contributed by atoms with Crippen LogP contribution >= 0.6 is 0 Å². The van der Waals surface area contributed by atoms with Gasteiger partial charge in [0.15, 0.2) is 0 Å².